The van der Waals surface area contributed by atoms with Gasteiger partial charge < -0.3 is 0 Å². The molecule has 0 spiro atoms. The number of hydrogen-bond donors (Lipinski definition) is 0. The van der Waals surface area contributed by atoms with E-state index in [9.17, 15) is 0 Å². The normalized spacial score (nSPS) is 9.81. The summed E-state index contributed by atoms with van der Waals surface area (Å²) in [4.78, 5) is 0. The monoisotopic (exact) mass is 814 g/mol. The van der Waals surface area contributed by atoms with E-state index in [2.05, 4.69) is 165 Å². The van der Waals surface area contributed by atoms with Gasteiger partial charge in [0, 0.05) is 0 Å². The van der Waals surface area contributed by atoms with Crippen LogP contribution >= 0.6 is 24.8 Å². The third kappa shape index (κ3) is 10.1. The van der Waals surface area contributed by atoms with Gasteiger partial charge in [0.25, 0.3) is 0 Å². The van der Waals surface area contributed by atoms with E-state index in [0.717, 1.165) is 0 Å². The number of hydrogen-bond acceptors (Lipinski definition) is 0. The first-order valence-corrected chi connectivity index (χ1v) is 21.1. The third-order valence-electron chi connectivity index (χ3n) is 8.80. The Bertz CT molecular complexity index is 2460. The molecule has 0 nitrogen and oxygen atoms in total. The fourth-order valence-electron chi connectivity index (χ4n) is 6.54. The van der Waals surface area contributed by atoms with Crippen LogP contribution in [0.4, 0.5) is 0 Å². The van der Waals surface area contributed by atoms with Gasteiger partial charge in [0.15, 0.2) is 0 Å². The first-order chi connectivity index (χ1) is 25.3. The van der Waals surface area contributed by atoms with Crippen LogP contribution in [-0.4, -0.2) is 6.88 Å². The molecule has 0 aliphatic rings. The third-order valence-corrected chi connectivity index (χ3v) is 8.80. The molecule has 0 bridgehead atoms. The summed E-state index contributed by atoms with van der Waals surface area (Å²) in [5, 5.41) is 13.4. The van der Waals surface area contributed by atoms with Gasteiger partial charge in [-0.15, -0.1) is 93.5 Å². The largest absolute Gasteiger partial charge is 0.184 e. The van der Waals surface area contributed by atoms with Gasteiger partial charge in [-0.1, -0.05) is 103 Å². The van der Waals surface area contributed by atoms with Crippen molar-refractivity contribution in [1.29, 1.82) is 0 Å². The molecule has 0 unspecified atom stereocenters. The molecule has 2 radical (unpaired) electrons. The Balaban J connectivity index is 0.000000181. The molecule has 53 heavy (non-hydrogen) atoms. The molecule has 0 aromatic heterocycles. The summed E-state index contributed by atoms with van der Waals surface area (Å²) in [6.07, 6.45) is 0. The molecule has 0 heterocycles. The molecular weight excluding hydrogens is 779 g/mol. The van der Waals surface area contributed by atoms with Crippen molar-refractivity contribution in [1.82, 2.24) is 0 Å². The number of benzene rings is 8. The molecule has 0 atom stereocenters. The van der Waals surface area contributed by atoms with Crippen molar-refractivity contribution >= 4 is 85.6 Å². The van der Waals surface area contributed by atoms with Crippen molar-refractivity contribution in [3.05, 3.63) is 218 Å². The van der Waals surface area contributed by atoms with Crippen LogP contribution in [-0.2, 0) is 23.3 Å². The first kappa shape index (κ1) is 41.2. The first-order valence-electron chi connectivity index (χ1n) is 16.9. The minimum atomic E-state index is 0. The van der Waals surface area contributed by atoms with Crippen molar-refractivity contribution in [3.63, 3.8) is 0 Å². The van der Waals surface area contributed by atoms with Crippen LogP contribution in [0.3, 0.4) is 0 Å². The summed E-state index contributed by atoms with van der Waals surface area (Å²) < 4.78 is 0. The summed E-state index contributed by atoms with van der Waals surface area (Å²) in [5.74, 6) is 0. The maximum absolute atomic E-state index is 3.06. The van der Waals surface area contributed by atoms with Gasteiger partial charge in [-0.2, -0.15) is 84.4 Å². The van der Waals surface area contributed by atoms with Crippen LogP contribution in [0.1, 0.15) is 5.56 Å². The average molecular weight is 817 g/mol. The number of fused-ring (bicyclic) bond motifs is 7. The molecule has 10 aromatic rings. The van der Waals surface area contributed by atoms with Crippen LogP contribution in [0.2, 0.25) is 0 Å². The van der Waals surface area contributed by atoms with Crippen molar-refractivity contribution in [2.45, 2.75) is 6.92 Å². The molecule has 4 heteroatoms. The van der Waals surface area contributed by atoms with Gasteiger partial charge in [-0.05, 0) is 33.2 Å². The number of aryl methyl sites for hydroxylation is 1. The molecular formula is C49H38Cl2SiZr-4. The van der Waals surface area contributed by atoms with Crippen molar-refractivity contribution < 1.29 is 23.3 Å². The standard InChI is InChI=1S/C24H17.C13H9.2C6H5.2ClH.Si.Zr/c1-16-13-14-17-8-6-12-22(24(16)17)23-15-18-7-2-3-9-19(18)20-10-4-5-11-21(20)23;1-3-7-12-10(5-1)9-11-6-2-4-8-13(11)12;2*1-2-4-6-5-3-1;;;;/h2-15H,1H3;1-9H;2*1-5H;2*1H;;/q4*-1;;;;. The van der Waals surface area contributed by atoms with Gasteiger partial charge in [0.2, 0.25) is 0 Å². The number of halogens is 2. The molecule has 0 saturated heterocycles. The summed E-state index contributed by atoms with van der Waals surface area (Å²) in [7, 11) is 0. The molecule has 10 rings (SSSR count). The zero-order valence-corrected chi connectivity index (χ0v) is 34.5. The Morgan fingerprint density at radius 2 is 0.925 bits per heavy atom. The Hall–Kier alpha value is -4.56. The van der Waals surface area contributed by atoms with E-state index in [1.54, 1.807) is 0 Å². The van der Waals surface area contributed by atoms with Crippen molar-refractivity contribution in [2.75, 3.05) is 0 Å². The van der Waals surface area contributed by atoms with Crippen LogP contribution in [0.5, 0.6) is 0 Å². The summed E-state index contributed by atoms with van der Waals surface area (Å²) in [6.45, 7) is 5.27. The van der Waals surface area contributed by atoms with Gasteiger partial charge in [0.1, 0.15) is 0 Å². The predicted octanol–water partition coefficient (Wildman–Crippen LogP) is 14.0. The maximum Gasteiger partial charge on any atom is -0.0771 e. The summed E-state index contributed by atoms with van der Waals surface area (Å²) >= 11 is 1.36. The van der Waals surface area contributed by atoms with E-state index in [1.807, 2.05) is 60.7 Å². The van der Waals surface area contributed by atoms with E-state index in [1.165, 1.54) is 93.9 Å². The van der Waals surface area contributed by atoms with E-state index in [0.29, 0.717) is 0 Å². The van der Waals surface area contributed by atoms with Crippen LogP contribution in [0.25, 0.3) is 65.0 Å². The van der Waals surface area contributed by atoms with Gasteiger partial charge in [0.05, 0.1) is 0 Å². The Labute approximate surface area is 342 Å². The fraction of sp³-hybridized carbons (Fsp3) is 0.0204. The second-order valence-corrected chi connectivity index (χ2v) is 12.0. The Morgan fingerprint density at radius 1 is 0.453 bits per heavy atom. The minimum Gasteiger partial charge on any atom is -0.184 e. The maximum atomic E-state index is 3.06. The SMILES string of the molecule is Cc1c[cH-]c2cccc(-c3cc4ccccc4c4ccccc34)c12.Cl.Cl.[Si]=[Zr].[c-]1ccccc1.[c-]1ccccc1.c1ccc2c(c1)[cH-]c1ccccc12. The summed E-state index contributed by atoms with van der Waals surface area (Å²) in [6, 6.07) is 75.1. The molecule has 0 aliphatic heterocycles. The smallest absolute Gasteiger partial charge is 0.0771 e. The van der Waals surface area contributed by atoms with Gasteiger partial charge in [-0.25, -0.2) is 0 Å². The zero-order chi connectivity index (χ0) is 35.3. The molecule has 0 amide bonds. The Kier molecular flexibility index (Phi) is 16.5. The van der Waals surface area contributed by atoms with Gasteiger partial charge in [-0.3, -0.25) is 0 Å². The predicted molar refractivity (Wildman–Crippen MR) is 233 cm³/mol. The quantitative estimate of drug-likeness (QED) is 0.0879. The van der Waals surface area contributed by atoms with E-state index in [-0.39, 0.29) is 24.8 Å². The topological polar surface area (TPSA) is 0 Å². The Morgan fingerprint density at radius 3 is 1.45 bits per heavy atom. The molecule has 260 valence electrons. The molecule has 10 aromatic carbocycles. The van der Waals surface area contributed by atoms with Crippen LogP contribution in [0, 0.1) is 19.1 Å². The van der Waals surface area contributed by atoms with Crippen LogP contribution in [0.15, 0.2) is 200 Å². The zero-order valence-electron chi connectivity index (χ0n) is 29.4. The molecule has 0 saturated carbocycles. The molecule has 0 fully saturated rings. The molecule has 0 aliphatic carbocycles. The minimum absolute atomic E-state index is 0. The van der Waals surface area contributed by atoms with Gasteiger partial charge >= 0.3 is 30.2 Å². The van der Waals surface area contributed by atoms with E-state index < -0.39 is 0 Å². The number of rotatable bonds is 1. The molecule has 0 N–H and O–H groups in total. The average Bonchev–Trinajstić information content (AvgIpc) is 3.81. The second-order valence-electron chi connectivity index (χ2n) is 12.0. The van der Waals surface area contributed by atoms with E-state index >= 15 is 0 Å². The summed E-state index contributed by atoms with van der Waals surface area (Å²) in [5.41, 5.74) is 4.00. The van der Waals surface area contributed by atoms with Crippen molar-refractivity contribution in [3.8, 4) is 11.1 Å². The van der Waals surface area contributed by atoms with Crippen molar-refractivity contribution in [2.24, 2.45) is 0 Å². The fourth-order valence-corrected chi connectivity index (χ4v) is 6.54. The second kappa shape index (κ2) is 21.2. The van der Waals surface area contributed by atoms with Crippen LogP contribution < -0.4 is 0 Å². The van der Waals surface area contributed by atoms with E-state index in [4.69, 9.17) is 0 Å².